The molecule has 4 heterocycles. The van der Waals surface area contributed by atoms with Gasteiger partial charge in [0.1, 0.15) is 0 Å². The minimum atomic E-state index is -0.555. The third-order valence-electron chi connectivity index (χ3n) is 4.18. The Hall–Kier alpha value is -3.52. The molecule has 4 aromatic heterocycles. The van der Waals surface area contributed by atoms with Crippen molar-refractivity contribution >= 4 is 28.1 Å². The predicted octanol–water partition coefficient (Wildman–Crippen LogP) is 2.65. The van der Waals surface area contributed by atoms with E-state index in [1.165, 1.54) is 0 Å². The molecule has 5 rings (SSSR count). The van der Waals surface area contributed by atoms with E-state index in [0.717, 1.165) is 20.5 Å². The van der Waals surface area contributed by atoms with Gasteiger partial charge in [-0.3, -0.25) is 9.89 Å². The van der Waals surface area contributed by atoms with Crippen molar-refractivity contribution < 1.29 is 0 Å². The number of benzene rings is 1. The van der Waals surface area contributed by atoms with Crippen LogP contribution in [0.4, 0.5) is 0 Å². The van der Waals surface area contributed by atoms with Crippen molar-refractivity contribution in [3.05, 3.63) is 74.7 Å². The molecule has 0 atom stereocenters. The van der Waals surface area contributed by atoms with Crippen molar-refractivity contribution in [1.29, 1.82) is 0 Å². The van der Waals surface area contributed by atoms with Crippen LogP contribution in [0.3, 0.4) is 0 Å². The second-order valence-electron chi connectivity index (χ2n) is 5.73. The lowest BCUT2D eigenvalue weighted by Crippen LogP contribution is -2.25. The Labute approximate surface area is 149 Å². The SMILES string of the molecule is O=c1[nH][nH]c2nc3nc(-c4cccs4)cc(-c4ccccc4)c3c(=O)n12. The van der Waals surface area contributed by atoms with Crippen molar-refractivity contribution in [2.24, 2.45) is 0 Å². The maximum atomic E-state index is 13.0. The highest BCUT2D eigenvalue weighted by Gasteiger charge is 2.17. The molecule has 0 fully saturated rings. The van der Waals surface area contributed by atoms with Crippen LogP contribution in [0, 0.1) is 0 Å². The van der Waals surface area contributed by atoms with Crippen molar-refractivity contribution in [3.8, 4) is 21.7 Å². The average molecular weight is 361 g/mol. The third-order valence-corrected chi connectivity index (χ3v) is 5.08. The highest BCUT2D eigenvalue weighted by molar-refractivity contribution is 7.13. The fourth-order valence-corrected chi connectivity index (χ4v) is 3.70. The van der Waals surface area contributed by atoms with Crippen molar-refractivity contribution in [2.75, 3.05) is 0 Å². The summed E-state index contributed by atoms with van der Waals surface area (Å²) in [7, 11) is 0. The van der Waals surface area contributed by atoms with Crippen LogP contribution >= 0.6 is 11.3 Å². The third kappa shape index (κ3) is 2.12. The number of nitrogens with zero attached hydrogens (tertiary/aromatic N) is 3. The van der Waals surface area contributed by atoms with Crippen molar-refractivity contribution in [2.45, 2.75) is 0 Å². The van der Waals surface area contributed by atoms with Gasteiger partial charge in [0.2, 0.25) is 5.78 Å². The molecule has 0 saturated carbocycles. The molecule has 2 N–H and O–H groups in total. The van der Waals surface area contributed by atoms with Crippen molar-refractivity contribution in [3.63, 3.8) is 0 Å². The van der Waals surface area contributed by atoms with E-state index >= 15 is 0 Å². The van der Waals surface area contributed by atoms with Gasteiger partial charge in [0.15, 0.2) is 5.65 Å². The normalized spacial score (nSPS) is 11.4. The fourth-order valence-electron chi connectivity index (χ4n) is 3.02. The predicted molar refractivity (Wildman–Crippen MR) is 100 cm³/mol. The number of thiophene rings is 1. The standard InChI is InChI=1S/C18H11N5O2S/c24-16-14-11(10-5-2-1-3-6-10)9-12(13-7-4-8-26-13)19-15(14)20-17-21-22-18(25)23(16)17/h1-9H,(H,22,25)(H,19,20,21). The van der Waals surface area contributed by atoms with E-state index in [9.17, 15) is 9.59 Å². The minimum Gasteiger partial charge on any atom is -0.268 e. The van der Waals surface area contributed by atoms with Gasteiger partial charge < -0.3 is 0 Å². The Balaban J connectivity index is 1.98. The number of nitrogens with one attached hydrogen (secondary N) is 2. The van der Waals surface area contributed by atoms with Crippen LogP contribution in [-0.2, 0) is 0 Å². The van der Waals surface area contributed by atoms with Gasteiger partial charge in [-0.1, -0.05) is 36.4 Å². The molecule has 0 unspecified atom stereocenters. The summed E-state index contributed by atoms with van der Waals surface area (Å²) in [6.45, 7) is 0. The summed E-state index contributed by atoms with van der Waals surface area (Å²) in [5.74, 6) is 0.141. The second-order valence-corrected chi connectivity index (χ2v) is 6.68. The molecule has 0 spiro atoms. The molecule has 26 heavy (non-hydrogen) atoms. The average Bonchev–Trinajstić information content (AvgIpc) is 3.32. The first kappa shape index (κ1) is 14.8. The summed E-state index contributed by atoms with van der Waals surface area (Å²) < 4.78 is 0.987. The lowest BCUT2D eigenvalue weighted by molar-refractivity contribution is 1.000. The highest BCUT2D eigenvalue weighted by atomic mass is 32.1. The zero-order chi connectivity index (χ0) is 17.7. The van der Waals surface area contributed by atoms with Crippen LogP contribution in [0.5, 0.6) is 0 Å². The number of hydrogen-bond donors (Lipinski definition) is 2. The Morgan fingerprint density at radius 2 is 1.81 bits per heavy atom. The molecule has 0 radical (unpaired) electrons. The van der Waals surface area contributed by atoms with E-state index in [1.807, 2.05) is 53.9 Å². The fraction of sp³-hybridized carbons (Fsp3) is 0. The van der Waals surface area contributed by atoms with Gasteiger partial charge >= 0.3 is 5.69 Å². The Morgan fingerprint density at radius 3 is 2.58 bits per heavy atom. The van der Waals surface area contributed by atoms with Crippen LogP contribution in [-0.4, -0.2) is 24.6 Å². The molecular formula is C18H11N5O2S. The minimum absolute atomic E-state index is 0.141. The Kier molecular flexibility index (Phi) is 3.13. The van der Waals surface area contributed by atoms with Gasteiger partial charge in [-0.15, -0.1) is 11.3 Å². The molecule has 7 nitrogen and oxygen atoms in total. The summed E-state index contributed by atoms with van der Waals surface area (Å²) >= 11 is 1.56. The molecule has 0 aliphatic rings. The summed E-state index contributed by atoms with van der Waals surface area (Å²) in [6, 6.07) is 15.3. The zero-order valence-corrected chi connectivity index (χ0v) is 14.1. The maximum absolute atomic E-state index is 13.0. The number of rotatable bonds is 2. The quantitative estimate of drug-likeness (QED) is 0.505. The first-order chi connectivity index (χ1) is 12.7. The molecule has 1 aromatic carbocycles. The van der Waals surface area contributed by atoms with Gasteiger partial charge in [-0.2, -0.15) is 9.38 Å². The van der Waals surface area contributed by atoms with E-state index in [2.05, 4.69) is 20.2 Å². The summed E-state index contributed by atoms with van der Waals surface area (Å²) in [5, 5.41) is 7.29. The monoisotopic (exact) mass is 361 g/mol. The number of aromatic nitrogens is 5. The molecule has 8 heteroatoms. The first-order valence-electron chi connectivity index (χ1n) is 7.86. The van der Waals surface area contributed by atoms with E-state index in [0.29, 0.717) is 16.6 Å². The van der Waals surface area contributed by atoms with Crippen molar-refractivity contribution in [1.82, 2.24) is 24.6 Å². The van der Waals surface area contributed by atoms with Gasteiger partial charge in [-0.25, -0.2) is 14.9 Å². The van der Waals surface area contributed by atoms with Crippen LogP contribution in [0.25, 0.3) is 38.5 Å². The molecule has 0 amide bonds. The molecule has 0 aliphatic heterocycles. The smallest absolute Gasteiger partial charge is 0.268 e. The lowest BCUT2D eigenvalue weighted by Gasteiger charge is -2.08. The molecule has 0 aliphatic carbocycles. The summed E-state index contributed by atoms with van der Waals surface area (Å²) in [6.07, 6.45) is 0. The highest BCUT2D eigenvalue weighted by Crippen LogP contribution is 2.31. The van der Waals surface area contributed by atoms with Gasteiger partial charge in [0, 0.05) is 5.56 Å². The van der Waals surface area contributed by atoms with Crippen LogP contribution < -0.4 is 11.2 Å². The molecule has 0 bridgehead atoms. The number of aromatic amines is 2. The largest absolute Gasteiger partial charge is 0.350 e. The van der Waals surface area contributed by atoms with Gasteiger partial charge in [-0.05, 0) is 23.1 Å². The van der Waals surface area contributed by atoms with Gasteiger partial charge in [0.25, 0.3) is 5.56 Å². The first-order valence-corrected chi connectivity index (χ1v) is 8.74. The van der Waals surface area contributed by atoms with Crippen LogP contribution in [0.15, 0.2) is 63.5 Å². The molecule has 5 aromatic rings. The number of fused-ring (bicyclic) bond motifs is 2. The number of H-pyrrole nitrogens is 2. The van der Waals surface area contributed by atoms with Crippen LogP contribution in [0.2, 0.25) is 0 Å². The Bertz CT molecular complexity index is 1360. The number of hydrogen-bond acceptors (Lipinski definition) is 5. The topological polar surface area (TPSA) is 95.9 Å². The summed E-state index contributed by atoms with van der Waals surface area (Å²) in [4.78, 5) is 34.9. The molecule has 0 saturated heterocycles. The van der Waals surface area contributed by atoms with E-state index in [4.69, 9.17) is 0 Å². The zero-order valence-electron chi connectivity index (χ0n) is 13.3. The van der Waals surface area contributed by atoms with E-state index in [1.54, 1.807) is 11.3 Å². The number of pyridine rings is 1. The Morgan fingerprint density at radius 1 is 0.962 bits per heavy atom. The second kappa shape index (κ2) is 5.50. The summed E-state index contributed by atoms with van der Waals surface area (Å²) in [5.41, 5.74) is 1.60. The molecule has 126 valence electrons. The van der Waals surface area contributed by atoms with Crippen LogP contribution in [0.1, 0.15) is 0 Å². The van der Waals surface area contributed by atoms with E-state index < -0.39 is 11.2 Å². The maximum Gasteiger partial charge on any atom is 0.350 e. The molecular weight excluding hydrogens is 350 g/mol. The lowest BCUT2D eigenvalue weighted by atomic mass is 10.0. The van der Waals surface area contributed by atoms with E-state index in [-0.39, 0.29) is 5.78 Å². The van der Waals surface area contributed by atoms with Gasteiger partial charge in [0.05, 0.1) is 16.0 Å².